The van der Waals surface area contributed by atoms with Gasteiger partial charge in [0, 0.05) is 11.1 Å². The Morgan fingerprint density at radius 1 is 0.552 bits per heavy atom. The van der Waals surface area contributed by atoms with E-state index in [4.69, 9.17) is 37.9 Å². The molecule has 2 aromatic carbocycles. The molecule has 0 saturated carbocycles. The summed E-state index contributed by atoms with van der Waals surface area (Å²) in [6.07, 6.45) is -0.886. The lowest BCUT2D eigenvalue weighted by atomic mass is 9.90. The fourth-order valence-corrected chi connectivity index (χ4v) is 3.86. The highest BCUT2D eigenvalue weighted by Gasteiger charge is 2.43. The van der Waals surface area contributed by atoms with Gasteiger partial charge < -0.3 is 37.9 Å². The van der Waals surface area contributed by atoms with Crippen LogP contribution in [-0.2, 0) is 18.9 Å². The second-order valence-corrected chi connectivity index (χ2v) is 7.63. The predicted molar refractivity (Wildman–Crippen MR) is 96.9 cm³/mol. The fourth-order valence-electron chi connectivity index (χ4n) is 3.86. The third kappa shape index (κ3) is 3.08. The fraction of sp³-hybridized carbons (Fsp3) is 0.429. The highest BCUT2D eigenvalue weighted by atomic mass is 16.7. The van der Waals surface area contributed by atoms with Crippen LogP contribution in [0.3, 0.4) is 0 Å². The molecule has 0 atom stereocenters. The van der Waals surface area contributed by atoms with Gasteiger partial charge in [-0.1, -0.05) is 0 Å². The minimum absolute atomic E-state index is 0.244. The Morgan fingerprint density at radius 3 is 1.41 bits per heavy atom. The van der Waals surface area contributed by atoms with E-state index in [1.807, 2.05) is 36.4 Å². The van der Waals surface area contributed by atoms with Crippen molar-refractivity contribution in [1.29, 1.82) is 0 Å². The van der Waals surface area contributed by atoms with Crippen molar-refractivity contribution in [2.45, 2.75) is 12.6 Å². The third-order valence-electron chi connectivity index (χ3n) is 5.50. The van der Waals surface area contributed by atoms with Gasteiger partial charge in [-0.2, -0.15) is 0 Å². The van der Waals surface area contributed by atoms with E-state index in [1.165, 1.54) is 0 Å². The molecule has 8 heteroatoms. The van der Waals surface area contributed by atoms with E-state index in [0.29, 0.717) is 37.9 Å². The van der Waals surface area contributed by atoms with Gasteiger partial charge in [0.15, 0.2) is 35.6 Å². The van der Waals surface area contributed by atoms with Crippen LogP contribution in [0.5, 0.6) is 23.0 Å². The quantitative estimate of drug-likeness (QED) is 0.762. The number of hydrogen-bond donors (Lipinski definition) is 0. The van der Waals surface area contributed by atoms with Crippen LogP contribution in [0.25, 0.3) is 0 Å². The van der Waals surface area contributed by atoms with Gasteiger partial charge in [-0.3, -0.25) is 0 Å². The highest BCUT2D eigenvalue weighted by Crippen LogP contribution is 2.42. The summed E-state index contributed by atoms with van der Waals surface area (Å²) < 4.78 is 45.6. The van der Waals surface area contributed by atoms with Gasteiger partial charge in [-0.05, 0) is 36.4 Å². The summed E-state index contributed by atoms with van der Waals surface area (Å²) in [5.74, 6) is 2.91. The van der Waals surface area contributed by atoms with Crippen LogP contribution >= 0.6 is 0 Å². The van der Waals surface area contributed by atoms with E-state index in [1.54, 1.807) is 0 Å². The molecule has 8 nitrogen and oxygen atoms in total. The number of benzene rings is 2. The molecular weight excluding hydrogens is 380 g/mol. The number of hydrogen-bond acceptors (Lipinski definition) is 8. The van der Waals surface area contributed by atoms with Crippen LogP contribution < -0.4 is 18.9 Å². The zero-order valence-electron chi connectivity index (χ0n) is 15.6. The highest BCUT2D eigenvalue weighted by molar-refractivity contribution is 5.45. The SMILES string of the molecule is c1cc2c(cc1C1OCC3(CO1)COC(c1ccc4c(c1)OCO4)OC3)OCO2. The lowest BCUT2D eigenvalue weighted by molar-refractivity contribution is -0.307. The molecular formula is C21H20O8. The van der Waals surface area contributed by atoms with Crippen LogP contribution in [0.4, 0.5) is 0 Å². The zero-order valence-corrected chi connectivity index (χ0v) is 15.6. The molecule has 4 aliphatic heterocycles. The van der Waals surface area contributed by atoms with E-state index < -0.39 is 12.6 Å². The molecule has 2 saturated heterocycles. The van der Waals surface area contributed by atoms with Gasteiger partial charge in [0.25, 0.3) is 0 Å². The van der Waals surface area contributed by atoms with Crippen LogP contribution in [0.2, 0.25) is 0 Å². The van der Waals surface area contributed by atoms with Crippen molar-refractivity contribution in [3.05, 3.63) is 47.5 Å². The van der Waals surface area contributed by atoms with E-state index in [-0.39, 0.29) is 19.0 Å². The summed E-state index contributed by atoms with van der Waals surface area (Å²) in [5.41, 5.74) is 1.49. The normalized spacial score (nSPS) is 29.9. The summed E-state index contributed by atoms with van der Waals surface area (Å²) in [4.78, 5) is 0. The Morgan fingerprint density at radius 2 is 0.966 bits per heavy atom. The molecule has 2 aromatic rings. The minimum Gasteiger partial charge on any atom is -0.454 e. The second-order valence-electron chi connectivity index (χ2n) is 7.63. The van der Waals surface area contributed by atoms with Gasteiger partial charge in [-0.15, -0.1) is 0 Å². The van der Waals surface area contributed by atoms with Crippen molar-refractivity contribution in [1.82, 2.24) is 0 Å². The molecule has 4 heterocycles. The Hall–Kier alpha value is -2.52. The molecule has 29 heavy (non-hydrogen) atoms. The molecule has 0 aromatic heterocycles. The second kappa shape index (κ2) is 6.77. The summed E-state index contributed by atoms with van der Waals surface area (Å²) in [6, 6.07) is 11.4. The topological polar surface area (TPSA) is 73.8 Å². The Bertz CT molecular complexity index is 834. The van der Waals surface area contributed by atoms with Gasteiger partial charge >= 0.3 is 0 Å². The molecule has 4 aliphatic rings. The molecule has 6 rings (SSSR count). The third-order valence-corrected chi connectivity index (χ3v) is 5.50. The van der Waals surface area contributed by atoms with Crippen molar-refractivity contribution in [3.8, 4) is 23.0 Å². The first-order valence-corrected chi connectivity index (χ1v) is 9.54. The number of ether oxygens (including phenoxy) is 8. The zero-order chi connectivity index (χ0) is 19.3. The monoisotopic (exact) mass is 400 g/mol. The Labute approximate surface area is 167 Å². The van der Waals surface area contributed by atoms with Gasteiger partial charge in [-0.25, -0.2) is 0 Å². The van der Waals surface area contributed by atoms with Crippen LogP contribution in [0, 0.1) is 5.41 Å². The maximum atomic E-state index is 6.00. The Kier molecular flexibility index (Phi) is 4.05. The average Bonchev–Trinajstić information content (AvgIpc) is 3.43. The van der Waals surface area contributed by atoms with Crippen LogP contribution in [0.1, 0.15) is 23.7 Å². The van der Waals surface area contributed by atoms with Gasteiger partial charge in [0.05, 0.1) is 31.8 Å². The first-order valence-electron chi connectivity index (χ1n) is 9.54. The number of rotatable bonds is 2. The van der Waals surface area contributed by atoms with Crippen molar-refractivity contribution in [3.63, 3.8) is 0 Å². The minimum atomic E-state index is -0.443. The molecule has 1 spiro atoms. The van der Waals surface area contributed by atoms with Crippen LogP contribution in [0.15, 0.2) is 36.4 Å². The first-order chi connectivity index (χ1) is 14.3. The largest absolute Gasteiger partial charge is 0.454 e. The molecule has 0 amide bonds. The lowest BCUT2D eigenvalue weighted by Gasteiger charge is -2.43. The first kappa shape index (κ1) is 17.3. The maximum absolute atomic E-state index is 6.00. The van der Waals surface area contributed by atoms with Gasteiger partial charge in [0.2, 0.25) is 13.6 Å². The lowest BCUT2D eigenvalue weighted by Crippen LogP contribution is -2.49. The molecule has 0 N–H and O–H groups in total. The summed E-state index contributed by atoms with van der Waals surface area (Å²) >= 11 is 0. The summed E-state index contributed by atoms with van der Waals surface area (Å²) in [7, 11) is 0. The predicted octanol–water partition coefficient (Wildman–Crippen LogP) is 2.92. The summed E-state index contributed by atoms with van der Waals surface area (Å²) in [5, 5.41) is 0. The molecule has 2 fully saturated rings. The van der Waals surface area contributed by atoms with E-state index >= 15 is 0 Å². The molecule has 152 valence electrons. The van der Waals surface area contributed by atoms with E-state index in [2.05, 4.69) is 0 Å². The van der Waals surface area contributed by atoms with Gasteiger partial charge in [0.1, 0.15) is 0 Å². The van der Waals surface area contributed by atoms with E-state index in [9.17, 15) is 0 Å². The van der Waals surface area contributed by atoms with Crippen molar-refractivity contribution in [2.75, 3.05) is 40.0 Å². The smallest absolute Gasteiger partial charge is 0.231 e. The van der Waals surface area contributed by atoms with Crippen molar-refractivity contribution >= 4 is 0 Å². The molecule has 0 unspecified atom stereocenters. The van der Waals surface area contributed by atoms with Crippen LogP contribution in [-0.4, -0.2) is 40.0 Å². The average molecular weight is 400 g/mol. The van der Waals surface area contributed by atoms with Crippen molar-refractivity contribution < 1.29 is 37.9 Å². The van der Waals surface area contributed by atoms with E-state index in [0.717, 1.165) is 22.6 Å². The Balaban J connectivity index is 1.09. The number of fused-ring (bicyclic) bond motifs is 2. The molecule has 0 radical (unpaired) electrons. The standard InChI is InChI=1S/C21H20O8/c1-3-15-17(28-11-26-15)5-13(1)19-22-7-21(8-23-19)9-24-20(25-10-21)14-2-4-16-18(6-14)29-12-27-16/h1-6,19-20H,7-12H2. The maximum Gasteiger partial charge on any atom is 0.231 e. The molecule has 0 bridgehead atoms. The van der Waals surface area contributed by atoms with Crippen molar-refractivity contribution in [2.24, 2.45) is 5.41 Å². The molecule has 0 aliphatic carbocycles. The summed E-state index contributed by atoms with van der Waals surface area (Å²) in [6.45, 7) is 2.43.